The fourth-order valence-electron chi connectivity index (χ4n) is 1.33. The number of halogens is 1. The van der Waals surface area contributed by atoms with E-state index in [1.54, 1.807) is 13.2 Å². The molecule has 0 heterocycles. The lowest BCUT2D eigenvalue weighted by Gasteiger charge is -2.12. The summed E-state index contributed by atoms with van der Waals surface area (Å²) < 4.78 is 5.76. The first kappa shape index (κ1) is 12.3. The Labute approximate surface area is 98.4 Å². The van der Waals surface area contributed by atoms with Crippen LogP contribution in [0.25, 0.3) is 0 Å². The Morgan fingerprint density at radius 2 is 2.20 bits per heavy atom. The number of nitrogens with two attached hydrogens (primary N) is 1. The average Bonchev–Trinajstić information content (AvgIpc) is 2.24. The second-order valence-electron chi connectivity index (χ2n) is 3.49. The normalized spacial score (nSPS) is 12.5. The Morgan fingerprint density at radius 3 is 2.73 bits per heavy atom. The summed E-state index contributed by atoms with van der Waals surface area (Å²) in [5.41, 5.74) is 6.66. The van der Waals surface area contributed by atoms with Gasteiger partial charge in [0.2, 0.25) is 0 Å². The molecule has 1 unspecified atom stereocenters. The van der Waals surface area contributed by atoms with E-state index in [9.17, 15) is 5.11 Å². The maximum atomic E-state index is 9.80. The predicted octanol–water partition coefficient (Wildman–Crippen LogP) is 2.44. The first-order valence-corrected chi connectivity index (χ1v) is 5.68. The monoisotopic (exact) mass is 273 g/mol. The van der Waals surface area contributed by atoms with E-state index >= 15 is 0 Å². The molecule has 0 aliphatic carbocycles. The zero-order valence-corrected chi connectivity index (χ0v) is 10.5. The zero-order valence-electron chi connectivity index (χ0n) is 8.96. The summed E-state index contributed by atoms with van der Waals surface area (Å²) in [5.74, 6) is 0.970. The number of rotatable bonds is 4. The SMILES string of the molecule is CCC(N)Cc1cc(OC)cc(Br)c1O. The molecule has 3 N–H and O–H groups in total. The number of phenolic OH excluding ortho intramolecular Hbond substituents is 1. The second kappa shape index (κ2) is 5.37. The topological polar surface area (TPSA) is 55.5 Å². The van der Waals surface area contributed by atoms with Gasteiger partial charge in [0.1, 0.15) is 11.5 Å². The third-order valence-corrected chi connectivity index (χ3v) is 2.96. The number of phenols is 1. The molecule has 0 radical (unpaired) electrons. The van der Waals surface area contributed by atoms with Crippen LogP contribution < -0.4 is 10.5 Å². The molecule has 1 atom stereocenters. The molecule has 0 aliphatic rings. The van der Waals surface area contributed by atoms with Crippen LogP contribution in [0, 0.1) is 0 Å². The summed E-state index contributed by atoms with van der Waals surface area (Å²) in [4.78, 5) is 0. The largest absolute Gasteiger partial charge is 0.506 e. The van der Waals surface area contributed by atoms with Gasteiger partial charge in [-0.05, 0) is 40.9 Å². The van der Waals surface area contributed by atoms with Crippen LogP contribution in [-0.4, -0.2) is 18.3 Å². The van der Waals surface area contributed by atoms with E-state index in [1.165, 1.54) is 0 Å². The molecule has 4 heteroatoms. The minimum atomic E-state index is 0.0647. The number of hydrogen-bond donors (Lipinski definition) is 2. The van der Waals surface area contributed by atoms with Gasteiger partial charge in [-0.1, -0.05) is 6.92 Å². The van der Waals surface area contributed by atoms with Crippen LogP contribution >= 0.6 is 15.9 Å². The van der Waals surface area contributed by atoms with Crippen LogP contribution in [0.15, 0.2) is 16.6 Å². The number of ether oxygens (including phenoxy) is 1. The van der Waals surface area contributed by atoms with Gasteiger partial charge in [-0.15, -0.1) is 0 Å². The fraction of sp³-hybridized carbons (Fsp3) is 0.455. The van der Waals surface area contributed by atoms with Crippen molar-refractivity contribution in [1.29, 1.82) is 0 Å². The van der Waals surface area contributed by atoms with Crippen molar-refractivity contribution < 1.29 is 9.84 Å². The van der Waals surface area contributed by atoms with Crippen molar-refractivity contribution in [3.05, 3.63) is 22.2 Å². The molecule has 1 aromatic rings. The quantitative estimate of drug-likeness (QED) is 0.886. The molecule has 0 aromatic heterocycles. The van der Waals surface area contributed by atoms with Crippen molar-refractivity contribution in [2.24, 2.45) is 5.73 Å². The van der Waals surface area contributed by atoms with Gasteiger partial charge in [0.05, 0.1) is 11.6 Å². The van der Waals surface area contributed by atoms with Crippen LogP contribution in [0.3, 0.4) is 0 Å². The van der Waals surface area contributed by atoms with Gasteiger partial charge in [0, 0.05) is 11.6 Å². The van der Waals surface area contributed by atoms with E-state index < -0.39 is 0 Å². The summed E-state index contributed by atoms with van der Waals surface area (Å²) in [7, 11) is 1.60. The van der Waals surface area contributed by atoms with E-state index in [2.05, 4.69) is 15.9 Å². The lowest BCUT2D eigenvalue weighted by atomic mass is 10.0. The molecule has 3 nitrogen and oxygen atoms in total. The van der Waals surface area contributed by atoms with E-state index in [0.717, 1.165) is 17.7 Å². The number of benzene rings is 1. The molecule has 0 saturated heterocycles. The molecule has 0 spiro atoms. The Morgan fingerprint density at radius 1 is 1.53 bits per heavy atom. The number of methoxy groups -OCH3 is 1. The third kappa shape index (κ3) is 3.11. The van der Waals surface area contributed by atoms with Crippen molar-refractivity contribution in [2.45, 2.75) is 25.8 Å². The number of hydrogen-bond acceptors (Lipinski definition) is 3. The van der Waals surface area contributed by atoms with E-state index in [4.69, 9.17) is 10.5 Å². The molecular weight excluding hydrogens is 258 g/mol. The molecule has 0 fully saturated rings. The lowest BCUT2D eigenvalue weighted by molar-refractivity contribution is 0.409. The first-order chi connectivity index (χ1) is 7.08. The van der Waals surface area contributed by atoms with Crippen LogP contribution in [0.4, 0.5) is 0 Å². The Bertz CT molecular complexity index is 342. The summed E-state index contributed by atoms with van der Waals surface area (Å²) in [5, 5.41) is 9.80. The summed E-state index contributed by atoms with van der Waals surface area (Å²) in [6, 6.07) is 3.61. The highest BCUT2D eigenvalue weighted by molar-refractivity contribution is 9.10. The Kier molecular flexibility index (Phi) is 4.42. The fourth-order valence-corrected chi connectivity index (χ4v) is 1.81. The molecule has 0 saturated carbocycles. The van der Waals surface area contributed by atoms with Gasteiger partial charge < -0.3 is 15.6 Å². The standard InChI is InChI=1S/C11H16BrNO2/c1-3-8(13)4-7-5-9(15-2)6-10(12)11(7)14/h5-6,8,14H,3-4,13H2,1-2H3. The molecule has 1 aromatic carbocycles. The maximum absolute atomic E-state index is 9.80. The molecule has 0 amide bonds. The lowest BCUT2D eigenvalue weighted by Crippen LogP contribution is -2.21. The summed E-state index contributed by atoms with van der Waals surface area (Å²) in [6.07, 6.45) is 1.53. The van der Waals surface area contributed by atoms with Crippen molar-refractivity contribution in [3.63, 3.8) is 0 Å². The Balaban J connectivity index is 2.99. The highest BCUT2D eigenvalue weighted by Crippen LogP contribution is 2.33. The predicted molar refractivity (Wildman–Crippen MR) is 64.3 cm³/mol. The van der Waals surface area contributed by atoms with E-state index in [-0.39, 0.29) is 11.8 Å². The average molecular weight is 274 g/mol. The first-order valence-electron chi connectivity index (χ1n) is 4.89. The van der Waals surface area contributed by atoms with E-state index in [0.29, 0.717) is 10.9 Å². The molecule has 84 valence electrons. The van der Waals surface area contributed by atoms with Crippen molar-refractivity contribution in [3.8, 4) is 11.5 Å². The van der Waals surface area contributed by atoms with Gasteiger partial charge in [0.15, 0.2) is 0 Å². The highest BCUT2D eigenvalue weighted by atomic mass is 79.9. The summed E-state index contributed by atoms with van der Waals surface area (Å²) >= 11 is 3.28. The van der Waals surface area contributed by atoms with Gasteiger partial charge in [-0.2, -0.15) is 0 Å². The minimum absolute atomic E-state index is 0.0647. The van der Waals surface area contributed by atoms with Crippen LogP contribution in [0.5, 0.6) is 11.5 Å². The molecule has 15 heavy (non-hydrogen) atoms. The number of aromatic hydroxyl groups is 1. The third-order valence-electron chi connectivity index (χ3n) is 2.36. The van der Waals surface area contributed by atoms with Crippen molar-refractivity contribution in [1.82, 2.24) is 0 Å². The van der Waals surface area contributed by atoms with Crippen molar-refractivity contribution in [2.75, 3.05) is 7.11 Å². The zero-order chi connectivity index (χ0) is 11.4. The smallest absolute Gasteiger partial charge is 0.133 e. The van der Waals surface area contributed by atoms with Gasteiger partial charge in [0.25, 0.3) is 0 Å². The second-order valence-corrected chi connectivity index (χ2v) is 4.34. The molecule has 0 bridgehead atoms. The molecular formula is C11H16BrNO2. The Hall–Kier alpha value is -0.740. The highest BCUT2D eigenvalue weighted by Gasteiger charge is 2.11. The minimum Gasteiger partial charge on any atom is -0.506 e. The maximum Gasteiger partial charge on any atom is 0.133 e. The van der Waals surface area contributed by atoms with Crippen LogP contribution in [0.1, 0.15) is 18.9 Å². The van der Waals surface area contributed by atoms with E-state index in [1.807, 2.05) is 13.0 Å². The molecule has 1 rings (SSSR count). The van der Waals surface area contributed by atoms with Crippen LogP contribution in [0.2, 0.25) is 0 Å². The van der Waals surface area contributed by atoms with Gasteiger partial charge in [-0.25, -0.2) is 0 Å². The van der Waals surface area contributed by atoms with Gasteiger partial charge in [-0.3, -0.25) is 0 Å². The van der Waals surface area contributed by atoms with Crippen molar-refractivity contribution >= 4 is 15.9 Å². The van der Waals surface area contributed by atoms with Gasteiger partial charge >= 0.3 is 0 Å². The molecule has 0 aliphatic heterocycles. The summed E-state index contributed by atoms with van der Waals surface area (Å²) in [6.45, 7) is 2.02. The van der Waals surface area contributed by atoms with Crippen LogP contribution in [-0.2, 0) is 6.42 Å².